The molecule has 8 nitrogen and oxygen atoms in total. The average Bonchev–Trinajstić information content (AvgIpc) is 3.38. The first-order valence-corrected chi connectivity index (χ1v) is 11.1. The van der Waals surface area contributed by atoms with Crippen LogP contribution < -0.4 is 10.2 Å². The van der Waals surface area contributed by atoms with Crippen LogP contribution in [0, 0.1) is 0 Å². The van der Waals surface area contributed by atoms with Gasteiger partial charge in [-0.25, -0.2) is 9.98 Å². The van der Waals surface area contributed by atoms with E-state index in [2.05, 4.69) is 32.4 Å². The number of amides is 1. The molecule has 0 radical (unpaired) electrons. The molecule has 28 heavy (non-hydrogen) atoms. The Kier molecular flexibility index (Phi) is 7.50. The van der Waals surface area contributed by atoms with Gasteiger partial charge in [0.1, 0.15) is 0 Å². The highest BCUT2D eigenvalue weighted by Gasteiger charge is 2.24. The molecule has 1 aromatic heterocycles. The van der Waals surface area contributed by atoms with Crippen LogP contribution in [0.5, 0.6) is 0 Å². The van der Waals surface area contributed by atoms with Crippen molar-refractivity contribution in [3.05, 3.63) is 11.1 Å². The number of nitrogens with one attached hydrogen (secondary N) is 1. The summed E-state index contributed by atoms with van der Waals surface area (Å²) in [6.07, 6.45) is 2.30. The van der Waals surface area contributed by atoms with Gasteiger partial charge in [-0.1, -0.05) is 0 Å². The van der Waals surface area contributed by atoms with E-state index in [0.717, 1.165) is 75.4 Å². The maximum absolute atomic E-state index is 12.4. The summed E-state index contributed by atoms with van der Waals surface area (Å²) in [4.78, 5) is 30.4. The van der Waals surface area contributed by atoms with Crippen molar-refractivity contribution in [3.63, 3.8) is 0 Å². The van der Waals surface area contributed by atoms with Crippen LogP contribution in [-0.4, -0.2) is 98.0 Å². The fraction of sp³-hybridized carbons (Fsp3) is 0.737. The molecule has 2 aliphatic rings. The molecule has 0 unspecified atom stereocenters. The summed E-state index contributed by atoms with van der Waals surface area (Å²) in [6.45, 7) is 9.49. The zero-order chi connectivity index (χ0) is 19.9. The van der Waals surface area contributed by atoms with Gasteiger partial charge in [0, 0.05) is 65.3 Å². The van der Waals surface area contributed by atoms with E-state index in [9.17, 15) is 4.79 Å². The Morgan fingerprint density at radius 2 is 1.89 bits per heavy atom. The molecule has 1 aromatic rings. The third-order valence-electron chi connectivity index (χ3n) is 5.14. The predicted octanol–water partition coefficient (Wildman–Crippen LogP) is 0.915. The van der Waals surface area contributed by atoms with E-state index in [1.165, 1.54) is 0 Å². The fourth-order valence-corrected chi connectivity index (χ4v) is 4.28. The number of aliphatic imine (C=N–C) groups is 1. The maximum Gasteiger partial charge on any atom is 0.236 e. The molecule has 2 aliphatic heterocycles. The lowest BCUT2D eigenvalue weighted by Gasteiger charge is -2.36. The molecule has 1 N–H and O–H groups in total. The molecule has 156 valence electrons. The number of aromatic nitrogens is 1. The molecule has 1 amide bonds. The lowest BCUT2D eigenvalue weighted by molar-refractivity contribution is -0.131. The van der Waals surface area contributed by atoms with Gasteiger partial charge in [-0.3, -0.25) is 9.69 Å². The first-order valence-electron chi connectivity index (χ1n) is 10.2. The molecule has 0 spiro atoms. The van der Waals surface area contributed by atoms with Gasteiger partial charge in [0.05, 0.1) is 18.8 Å². The van der Waals surface area contributed by atoms with Crippen LogP contribution in [0.2, 0.25) is 0 Å². The molecule has 0 bridgehead atoms. The van der Waals surface area contributed by atoms with Gasteiger partial charge in [-0.05, 0) is 19.8 Å². The zero-order valence-corrected chi connectivity index (χ0v) is 18.2. The Labute approximate surface area is 172 Å². The normalized spacial score (nSPS) is 18.6. The average molecular weight is 408 g/mol. The second kappa shape index (κ2) is 10.1. The van der Waals surface area contributed by atoms with Gasteiger partial charge in [0.15, 0.2) is 11.1 Å². The van der Waals surface area contributed by atoms with Crippen LogP contribution >= 0.6 is 11.3 Å². The quantitative estimate of drug-likeness (QED) is 0.559. The van der Waals surface area contributed by atoms with E-state index in [1.807, 2.05) is 23.9 Å². The number of hydrogen-bond acceptors (Lipinski definition) is 6. The minimum Gasteiger partial charge on any atom is -0.357 e. The minimum atomic E-state index is 0.284. The second-order valence-corrected chi connectivity index (χ2v) is 8.37. The number of anilines is 1. The molecular formula is C19H33N7OS. The maximum atomic E-state index is 12.4. The first-order chi connectivity index (χ1) is 13.6. The Morgan fingerprint density at radius 3 is 2.50 bits per heavy atom. The number of carbonyl (C=O) groups excluding carboxylic acids is 1. The van der Waals surface area contributed by atoms with Crippen LogP contribution in [0.1, 0.15) is 25.5 Å². The summed E-state index contributed by atoms with van der Waals surface area (Å²) in [5.74, 6) is 1.22. The largest absolute Gasteiger partial charge is 0.357 e. The lowest BCUT2D eigenvalue weighted by atomic mass is 10.3. The standard InChI is InChI=1S/C19H33N7OS/c1-4-20-18(21-13-16-15-28-19(22-16)23(2)3)26-11-9-24(10-12-26)14-17(27)25-7-5-6-8-25/h15H,4-14H2,1-3H3,(H,20,21). The Hall–Kier alpha value is -1.87. The van der Waals surface area contributed by atoms with E-state index in [-0.39, 0.29) is 5.91 Å². The van der Waals surface area contributed by atoms with Gasteiger partial charge >= 0.3 is 0 Å². The molecular weight excluding hydrogens is 374 g/mol. The van der Waals surface area contributed by atoms with Gasteiger partial charge in [0.25, 0.3) is 0 Å². The summed E-state index contributed by atoms with van der Waals surface area (Å²) in [6, 6.07) is 0. The van der Waals surface area contributed by atoms with Crippen LogP contribution in [0.3, 0.4) is 0 Å². The van der Waals surface area contributed by atoms with Crippen molar-refractivity contribution in [1.29, 1.82) is 0 Å². The monoisotopic (exact) mass is 407 g/mol. The molecule has 2 fully saturated rings. The van der Waals surface area contributed by atoms with Crippen molar-refractivity contribution in [2.75, 3.05) is 71.4 Å². The lowest BCUT2D eigenvalue weighted by Crippen LogP contribution is -2.54. The zero-order valence-electron chi connectivity index (χ0n) is 17.4. The van der Waals surface area contributed by atoms with Crippen molar-refractivity contribution in [1.82, 2.24) is 25.0 Å². The second-order valence-electron chi connectivity index (χ2n) is 7.54. The van der Waals surface area contributed by atoms with Gasteiger partial charge < -0.3 is 20.0 Å². The van der Waals surface area contributed by atoms with E-state index in [0.29, 0.717) is 13.1 Å². The summed E-state index contributed by atoms with van der Waals surface area (Å²) >= 11 is 1.64. The van der Waals surface area contributed by atoms with Gasteiger partial charge in [-0.15, -0.1) is 11.3 Å². The smallest absolute Gasteiger partial charge is 0.236 e. The van der Waals surface area contributed by atoms with E-state index >= 15 is 0 Å². The number of likely N-dealkylation sites (tertiary alicyclic amines) is 1. The third-order valence-corrected chi connectivity index (χ3v) is 6.19. The number of carbonyl (C=O) groups is 1. The number of thiazole rings is 1. The molecule has 3 rings (SSSR count). The fourth-order valence-electron chi connectivity index (χ4n) is 3.53. The molecule has 9 heteroatoms. The Bertz CT molecular complexity index is 661. The number of nitrogens with zero attached hydrogens (tertiary/aromatic N) is 6. The molecule has 3 heterocycles. The third kappa shape index (κ3) is 5.57. The summed E-state index contributed by atoms with van der Waals surface area (Å²) in [7, 11) is 4.01. The molecule has 0 aromatic carbocycles. The predicted molar refractivity (Wildman–Crippen MR) is 115 cm³/mol. The minimum absolute atomic E-state index is 0.284. The molecule has 0 saturated carbocycles. The molecule has 0 atom stereocenters. The van der Waals surface area contributed by atoms with Crippen molar-refractivity contribution in [2.45, 2.75) is 26.3 Å². The summed E-state index contributed by atoms with van der Waals surface area (Å²) in [5, 5.41) is 6.48. The van der Waals surface area contributed by atoms with Crippen molar-refractivity contribution in [3.8, 4) is 0 Å². The summed E-state index contributed by atoms with van der Waals surface area (Å²) < 4.78 is 0. The number of hydrogen-bond donors (Lipinski definition) is 1. The van der Waals surface area contributed by atoms with E-state index in [1.54, 1.807) is 11.3 Å². The number of guanidine groups is 1. The van der Waals surface area contributed by atoms with Gasteiger partial charge in [0.2, 0.25) is 5.91 Å². The topological polar surface area (TPSA) is 67.3 Å². The van der Waals surface area contributed by atoms with Gasteiger partial charge in [-0.2, -0.15) is 0 Å². The summed E-state index contributed by atoms with van der Waals surface area (Å²) in [5.41, 5.74) is 0.999. The highest BCUT2D eigenvalue weighted by atomic mass is 32.1. The van der Waals surface area contributed by atoms with Crippen molar-refractivity contribution in [2.24, 2.45) is 4.99 Å². The Balaban J connectivity index is 1.51. The van der Waals surface area contributed by atoms with E-state index in [4.69, 9.17) is 4.99 Å². The SMILES string of the molecule is CCNC(=NCc1csc(N(C)C)n1)N1CCN(CC(=O)N2CCCC2)CC1. The van der Waals surface area contributed by atoms with E-state index < -0.39 is 0 Å². The highest BCUT2D eigenvalue weighted by molar-refractivity contribution is 7.13. The molecule has 2 saturated heterocycles. The number of rotatable bonds is 6. The van der Waals surface area contributed by atoms with Crippen LogP contribution in [0.25, 0.3) is 0 Å². The Morgan fingerprint density at radius 1 is 1.18 bits per heavy atom. The van der Waals surface area contributed by atoms with Crippen molar-refractivity contribution >= 4 is 28.3 Å². The van der Waals surface area contributed by atoms with Crippen LogP contribution in [0.4, 0.5) is 5.13 Å². The van der Waals surface area contributed by atoms with Crippen LogP contribution in [-0.2, 0) is 11.3 Å². The first kappa shape index (κ1) is 20.9. The highest BCUT2D eigenvalue weighted by Crippen LogP contribution is 2.18. The molecule has 0 aliphatic carbocycles. The van der Waals surface area contributed by atoms with Crippen LogP contribution in [0.15, 0.2) is 10.4 Å². The van der Waals surface area contributed by atoms with Crippen molar-refractivity contribution < 1.29 is 4.79 Å². The number of piperazine rings is 1.